The first kappa shape index (κ1) is 21.2. The largest absolute Gasteiger partial charge is 0.333 e. The number of nitrogens with zero attached hydrogens (tertiary/aromatic N) is 2. The van der Waals surface area contributed by atoms with Gasteiger partial charge in [0.15, 0.2) is 0 Å². The Labute approximate surface area is 183 Å². The number of halogens is 1. The molecule has 2 aromatic rings. The number of amides is 1. The van der Waals surface area contributed by atoms with Gasteiger partial charge in [-0.15, -0.1) is 0 Å². The average Bonchev–Trinajstić information content (AvgIpc) is 3.59. The van der Waals surface area contributed by atoms with E-state index in [1.807, 2.05) is 4.90 Å². The molecule has 2 fully saturated rings. The lowest BCUT2D eigenvalue weighted by Gasteiger charge is -2.34. The number of hydrogen-bond donors (Lipinski definition) is 0. The molecule has 4 rings (SSSR count). The van der Waals surface area contributed by atoms with E-state index in [-0.39, 0.29) is 16.8 Å². The highest BCUT2D eigenvalue weighted by Gasteiger charge is 2.38. The second kappa shape index (κ2) is 8.60. The van der Waals surface area contributed by atoms with Crippen molar-refractivity contribution in [3.05, 3.63) is 59.1 Å². The topological polar surface area (TPSA) is 57.7 Å². The molecule has 0 unspecified atom stereocenters. The summed E-state index contributed by atoms with van der Waals surface area (Å²) < 4.78 is 27.6. The zero-order valence-electron chi connectivity index (χ0n) is 17.1. The summed E-state index contributed by atoms with van der Waals surface area (Å²) in [5.41, 5.74) is 0.911. The quantitative estimate of drug-likeness (QED) is 0.620. The van der Waals surface area contributed by atoms with E-state index in [2.05, 4.69) is 0 Å². The van der Waals surface area contributed by atoms with Crippen LogP contribution in [0.3, 0.4) is 0 Å². The number of sulfonamides is 1. The number of carbonyl (C=O) groups is 1. The van der Waals surface area contributed by atoms with Crippen molar-refractivity contribution in [3.63, 3.8) is 0 Å². The van der Waals surface area contributed by atoms with E-state index in [1.54, 1.807) is 36.4 Å². The smallest absolute Gasteiger partial charge is 0.264 e. The molecule has 2 aromatic carbocycles. The predicted molar refractivity (Wildman–Crippen MR) is 120 cm³/mol. The first-order valence-electron chi connectivity index (χ1n) is 10.5. The van der Waals surface area contributed by atoms with Crippen molar-refractivity contribution in [2.24, 2.45) is 0 Å². The van der Waals surface area contributed by atoms with Crippen molar-refractivity contribution < 1.29 is 13.2 Å². The molecule has 2 saturated carbocycles. The van der Waals surface area contributed by atoms with Crippen LogP contribution in [0.5, 0.6) is 0 Å². The van der Waals surface area contributed by atoms with Crippen LogP contribution in [0, 0.1) is 0 Å². The molecule has 30 heavy (non-hydrogen) atoms. The van der Waals surface area contributed by atoms with Gasteiger partial charge in [-0.05, 0) is 62.1 Å². The van der Waals surface area contributed by atoms with Crippen LogP contribution in [0.2, 0.25) is 5.02 Å². The Morgan fingerprint density at radius 3 is 2.27 bits per heavy atom. The van der Waals surface area contributed by atoms with Gasteiger partial charge in [0.2, 0.25) is 0 Å². The van der Waals surface area contributed by atoms with E-state index in [9.17, 15) is 13.2 Å². The van der Waals surface area contributed by atoms with Crippen LogP contribution >= 0.6 is 11.6 Å². The number of benzene rings is 2. The fraction of sp³-hybridized carbons (Fsp3) is 0.435. The third-order valence-electron chi connectivity index (χ3n) is 6.05. The molecule has 5 nitrogen and oxygen atoms in total. The summed E-state index contributed by atoms with van der Waals surface area (Å²) in [6.07, 6.45) is 7.69. The summed E-state index contributed by atoms with van der Waals surface area (Å²) in [4.78, 5) is 15.5. The highest BCUT2D eigenvalue weighted by molar-refractivity contribution is 7.92. The van der Waals surface area contributed by atoms with Crippen molar-refractivity contribution in [1.29, 1.82) is 0 Å². The molecule has 0 saturated heterocycles. The van der Waals surface area contributed by atoms with Crippen LogP contribution in [0.4, 0.5) is 5.69 Å². The average molecular weight is 447 g/mol. The van der Waals surface area contributed by atoms with E-state index < -0.39 is 10.0 Å². The molecule has 0 bridgehead atoms. The van der Waals surface area contributed by atoms with Gasteiger partial charge in [0.05, 0.1) is 10.6 Å². The summed E-state index contributed by atoms with van der Waals surface area (Å²) >= 11 is 6.02. The summed E-state index contributed by atoms with van der Waals surface area (Å²) in [5.74, 6) is -0.0492. The van der Waals surface area contributed by atoms with Gasteiger partial charge in [-0.2, -0.15) is 0 Å². The van der Waals surface area contributed by atoms with Crippen molar-refractivity contribution in [2.45, 2.75) is 61.9 Å². The maximum atomic E-state index is 13.4. The van der Waals surface area contributed by atoms with Gasteiger partial charge in [0, 0.05) is 29.7 Å². The summed E-state index contributed by atoms with van der Waals surface area (Å²) in [6.45, 7) is 0. The highest BCUT2D eigenvalue weighted by atomic mass is 35.5. The van der Waals surface area contributed by atoms with Crippen LogP contribution in [-0.4, -0.2) is 38.4 Å². The first-order chi connectivity index (χ1) is 14.4. The number of rotatable bonds is 6. The minimum Gasteiger partial charge on any atom is -0.333 e. The SMILES string of the molecule is CN(c1cccc(Cl)c1)S(=O)(=O)c1cccc(C(=O)N(C2CCCCC2)C2CC2)c1. The van der Waals surface area contributed by atoms with E-state index in [4.69, 9.17) is 11.6 Å². The summed E-state index contributed by atoms with van der Waals surface area (Å²) in [7, 11) is -2.32. The molecule has 1 amide bonds. The zero-order valence-corrected chi connectivity index (χ0v) is 18.7. The third-order valence-corrected chi connectivity index (χ3v) is 8.07. The van der Waals surface area contributed by atoms with Crippen LogP contribution in [0.1, 0.15) is 55.3 Å². The Morgan fingerprint density at radius 2 is 1.60 bits per heavy atom. The molecule has 0 aromatic heterocycles. The Balaban J connectivity index is 1.62. The molecule has 7 heteroatoms. The molecule has 0 heterocycles. The maximum absolute atomic E-state index is 13.4. The number of hydrogen-bond acceptors (Lipinski definition) is 3. The van der Waals surface area contributed by atoms with Crippen LogP contribution in [-0.2, 0) is 10.0 Å². The first-order valence-corrected chi connectivity index (χ1v) is 12.4. The molecular formula is C23H27ClN2O3S. The van der Waals surface area contributed by atoms with E-state index in [0.29, 0.717) is 22.3 Å². The van der Waals surface area contributed by atoms with Gasteiger partial charge in [-0.3, -0.25) is 9.10 Å². The summed E-state index contributed by atoms with van der Waals surface area (Å²) in [5, 5.41) is 0.464. The van der Waals surface area contributed by atoms with Gasteiger partial charge < -0.3 is 4.90 Å². The maximum Gasteiger partial charge on any atom is 0.264 e. The van der Waals surface area contributed by atoms with Gasteiger partial charge in [-0.25, -0.2) is 8.42 Å². The number of carbonyl (C=O) groups excluding carboxylic acids is 1. The molecular weight excluding hydrogens is 420 g/mol. The van der Waals surface area contributed by atoms with E-state index >= 15 is 0 Å². The Bertz CT molecular complexity index is 1030. The Morgan fingerprint density at radius 1 is 0.933 bits per heavy atom. The molecule has 0 atom stereocenters. The molecule has 2 aliphatic rings. The normalized spacial score (nSPS) is 17.5. The molecule has 0 spiro atoms. The summed E-state index contributed by atoms with van der Waals surface area (Å²) in [6, 6.07) is 13.7. The Kier molecular flexibility index (Phi) is 6.07. The molecule has 0 N–H and O–H groups in total. The second-order valence-electron chi connectivity index (χ2n) is 8.22. The van der Waals surface area contributed by atoms with Crippen LogP contribution < -0.4 is 4.31 Å². The minimum absolute atomic E-state index is 0.0492. The van der Waals surface area contributed by atoms with E-state index in [0.717, 1.165) is 38.5 Å². The molecule has 0 radical (unpaired) electrons. The molecule has 0 aliphatic heterocycles. The lowest BCUT2D eigenvalue weighted by molar-refractivity contribution is 0.0613. The second-order valence-corrected chi connectivity index (χ2v) is 10.6. The van der Waals surface area contributed by atoms with Crippen LogP contribution in [0.15, 0.2) is 53.4 Å². The van der Waals surface area contributed by atoms with Crippen molar-refractivity contribution in [1.82, 2.24) is 4.90 Å². The zero-order chi connectivity index (χ0) is 21.3. The van der Waals surface area contributed by atoms with E-state index in [1.165, 1.54) is 29.9 Å². The van der Waals surface area contributed by atoms with Gasteiger partial charge in [0.25, 0.3) is 15.9 Å². The molecule has 160 valence electrons. The lowest BCUT2D eigenvalue weighted by atomic mass is 9.93. The standard InChI is InChI=1S/C23H27ClN2O3S/c1-25(21-11-6-8-18(24)16-21)30(28,29)22-12-5-7-17(15-22)23(27)26(20-13-14-20)19-9-3-2-4-10-19/h5-8,11-12,15-16,19-20H,2-4,9-10,13-14H2,1H3. The van der Waals surface area contributed by atoms with Gasteiger partial charge in [-0.1, -0.05) is 43.0 Å². The van der Waals surface area contributed by atoms with Crippen LogP contribution in [0.25, 0.3) is 0 Å². The van der Waals surface area contributed by atoms with Crippen molar-refractivity contribution in [3.8, 4) is 0 Å². The number of anilines is 1. The van der Waals surface area contributed by atoms with Crippen molar-refractivity contribution in [2.75, 3.05) is 11.4 Å². The predicted octanol–water partition coefficient (Wildman–Crippen LogP) is 5.10. The molecule has 2 aliphatic carbocycles. The minimum atomic E-state index is -3.82. The monoisotopic (exact) mass is 446 g/mol. The van der Waals surface area contributed by atoms with Crippen molar-refractivity contribution >= 4 is 33.2 Å². The Hall–Kier alpha value is -2.05. The highest BCUT2D eigenvalue weighted by Crippen LogP contribution is 2.35. The van der Waals surface area contributed by atoms with Gasteiger partial charge >= 0.3 is 0 Å². The van der Waals surface area contributed by atoms with Gasteiger partial charge in [0.1, 0.15) is 0 Å². The lowest BCUT2D eigenvalue weighted by Crippen LogP contribution is -2.43. The fourth-order valence-electron chi connectivity index (χ4n) is 4.25. The third kappa shape index (κ3) is 4.35. The fourth-order valence-corrected chi connectivity index (χ4v) is 5.67.